The number of hydrogen-bond donors (Lipinski definition) is 3. The number of carbonyl (C=O) groups excluding carboxylic acids is 1. The molecular formula is C14H10N2O6S2. The third-order valence-electron chi connectivity index (χ3n) is 3.14. The minimum Gasteiger partial charge on any atom is -0.478 e. The highest BCUT2D eigenvalue weighted by atomic mass is 32.2. The Morgan fingerprint density at radius 1 is 1.25 bits per heavy atom. The number of carboxylic acid groups (broad SMARTS) is 1. The Morgan fingerprint density at radius 2 is 1.96 bits per heavy atom. The Bertz CT molecular complexity index is 1060. The van der Waals surface area contributed by atoms with Crippen LogP contribution in [-0.4, -0.2) is 25.4 Å². The van der Waals surface area contributed by atoms with Gasteiger partial charge in [0.05, 0.1) is 5.56 Å². The summed E-state index contributed by atoms with van der Waals surface area (Å²) < 4.78 is 32.3. The van der Waals surface area contributed by atoms with Crippen molar-refractivity contribution >= 4 is 49.9 Å². The van der Waals surface area contributed by atoms with Crippen LogP contribution in [0.1, 0.15) is 20.9 Å². The lowest BCUT2D eigenvalue weighted by molar-refractivity contribution is 0.0697. The summed E-state index contributed by atoms with van der Waals surface area (Å²) in [5.74, 6) is -2.49. The van der Waals surface area contributed by atoms with Crippen LogP contribution in [0.2, 0.25) is 0 Å². The van der Waals surface area contributed by atoms with Gasteiger partial charge in [-0.2, -0.15) is 0 Å². The standard InChI is InChI=1S/C14H10N2O6S2/c15-13(17)12-11(8-3-1-2-4-9(8)22-12)16-24(20,21)10-5-7(6-23-10)14(18)19/h1-6,16H,(H2,15,17)(H,18,19). The van der Waals surface area contributed by atoms with Crippen LogP contribution in [-0.2, 0) is 10.0 Å². The number of rotatable bonds is 5. The average Bonchev–Trinajstić information content (AvgIpc) is 3.13. The van der Waals surface area contributed by atoms with Crippen LogP contribution < -0.4 is 10.5 Å². The van der Waals surface area contributed by atoms with Crippen LogP contribution in [0, 0.1) is 0 Å². The summed E-state index contributed by atoms with van der Waals surface area (Å²) in [5.41, 5.74) is 5.30. The molecule has 0 spiro atoms. The maximum Gasteiger partial charge on any atom is 0.336 e. The summed E-state index contributed by atoms with van der Waals surface area (Å²) in [5, 5.41) is 10.5. The largest absolute Gasteiger partial charge is 0.478 e. The van der Waals surface area contributed by atoms with Crippen molar-refractivity contribution in [2.24, 2.45) is 5.73 Å². The smallest absolute Gasteiger partial charge is 0.336 e. The first kappa shape index (κ1) is 16.0. The Balaban J connectivity index is 2.09. The molecule has 0 aliphatic heterocycles. The first-order valence-corrected chi connectivity index (χ1v) is 8.82. The van der Waals surface area contributed by atoms with Gasteiger partial charge in [0.15, 0.2) is 0 Å². The number of sulfonamides is 1. The topological polar surface area (TPSA) is 140 Å². The number of hydrogen-bond acceptors (Lipinski definition) is 6. The van der Waals surface area contributed by atoms with Crippen molar-refractivity contribution in [3.8, 4) is 0 Å². The quantitative estimate of drug-likeness (QED) is 0.631. The van der Waals surface area contributed by atoms with E-state index in [0.29, 0.717) is 11.0 Å². The minimum absolute atomic E-state index is 0.0802. The number of thiophene rings is 1. The van der Waals surface area contributed by atoms with Gasteiger partial charge in [0.25, 0.3) is 15.9 Å². The molecule has 8 nitrogen and oxygen atoms in total. The SMILES string of the molecule is NC(=O)c1oc2ccccc2c1NS(=O)(=O)c1cc(C(=O)O)cs1. The summed E-state index contributed by atoms with van der Waals surface area (Å²) in [7, 11) is -4.11. The van der Waals surface area contributed by atoms with Gasteiger partial charge in [-0.05, 0) is 18.2 Å². The van der Waals surface area contributed by atoms with Crippen molar-refractivity contribution in [3.05, 3.63) is 47.0 Å². The molecule has 124 valence electrons. The Morgan fingerprint density at radius 3 is 2.58 bits per heavy atom. The molecule has 10 heteroatoms. The Labute approximate surface area is 139 Å². The lowest BCUT2D eigenvalue weighted by atomic mass is 10.2. The molecule has 3 rings (SSSR count). The fraction of sp³-hybridized carbons (Fsp3) is 0. The van der Waals surface area contributed by atoms with Gasteiger partial charge in [-0.3, -0.25) is 9.52 Å². The number of benzene rings is 1. The number of amides is 1. The molecule has 4 N–H and O–H groups in total. The van der Waals surface area contributed by atoms with Crippen molar-refractivity contribution in [3.63, 3.8) is 0 Å². The van der Waals surface area contributed by atoms with E-state index in [1.54, 1.807) is 24.3 Å². The Hall–Kier alpha value is -2.85. The maximum atomic E-state index is 12.5. The van der Waals surface area contributed by atoms with E-state index in [4.69, 9.17) is 15.3 Å². The van der Waals surface area contributed by atoms with Crippen molar-refractivity contribution in [2.45, 2.75) is 4.21 Å². The molecule has 2 heterocycles. The zero-order valence-corrected chi connectivity index (χ0v) is 13.5. The monoisotopic (exact) mass is 366 g/mol. The second-order valence-corrected chi connectivity index (χ2v) is 7.55. The molecule has 1 aromatic carbocycles. The first-order chi connectivity index (χ1) is 11.3. The molecule has 0 atom stereocenters. The van der Waals surface area contributed by atoms with Gasteiger partial charge in [0.2, 0.25) is 5.76 Å². The van der Waals surface area contributed by atoms with E-state index in [-0.39, 0.29) is 21.2 Å². The number of nitrogens with two attached hydrogens (primary N) is 1. The van der Waals surface area contributed by atoms with Gasteiger partial charge in [0.1, 0.15) is 15.5 Å². The molecule has 2 aromatic heterocycles. The highest BCUT2D eigenvalue weighted by Crippen LogP contribution is 2.33. The highest BCUT2D eigenvalue weighted by Gasteiger charge is 2.25. The zero-order chi connectivity index (χ0) is 17.5. The summed E-state index contributed by atoms with van der Waals surface area (Å²) in [6, 6.07) is 7.47. The molecular weight excluding hydrogens is 356 g/mol. The van der Waals surface area contributed by atoms with E-state index in [9.17, 15) is 18.0 Å². The van der Waals surface area contributed by atoms with Crippen LogP contribution in [0.5, 0.6) is 0 Å². The lowest BCUT2D eigenvalue weighted by Gasteiger charge is -2.05. The van der Waals surface area contributed by atoms with Crippen LogP contribution >= 0.6 is 11.3 Å². The van der Waals surface area contributed by atoms with Gasteiger partial charge >= 0.3 is 5.97 Å². The maximum absolute atomic E-state index is 12.5. The number of primary amides is 1. The number of carbonyl (C=O) groups is 2. The van der Waals surface area contributed by atoms with Crippen molar-refractivity contribution in [2.75, 3.05) is 4.72 Å². The van der Waals surface area contributed by atoms with Gasteiger partial charge < -0.3 is 15.3 Å². The van der Waals surface area contributed by atoms with Crippen LogP contribution in [0.25, 0.3) is 11.0 Å². The van der Waals surface area contributed by atoms with E-state index in [0.717, 1.165) is 17.4 Å². The number of furan rings is 1. The first-order valence-electron chi connectivity index (χ1n) is 6.45. The van der Waals surface area contributed by atoms with Crippen molar-refractivity contribution in [1.29, 1.82) is 0 Å². The second kappa shape index (κ2) is 5.65. The van der Waals surface area contributed by atoms with Gasteiger partial charge in [-0.25, -0.2) is 13.2 Å². The number of fused-ring (bicyclic) bond motifs is 1. The molecule has 0 aliphatic carbocycles. The lowest BCUT2D eigenvalue weighted by Crippen LogP contribution is -2.17. The van der Waals surface area contributed by atoms with E-state index < -0.39 is 21.9 Å². The molecule has 0 radical (unpaired) electrons. The zero-order valence-electron chi connectivity index (χ0n) is 11.8. The normalized spacial score (nSPS) is 11.5. The average molecular weight is 366 g/mol. The Kier molecular flexibility index (Phi) is 3.78. The summed E-state index contributed by atoms with van der Waals surface area (Å²) in [6.45, 7) is 0. The molecule has 24 heavy (non-hydrogen) atoms. The molecule has 1 amide bonds. The molecule has 0 aliphatic rings. The van der Waals surface area contributed by atoms with Crippen molar-refractivity contribution in [1.82, 2.24) is 0 Å². The number of carboxylic acids is 1. The number of nitrogens with one attached hydrogen (secondary N) is 1. The van der Waals surface area contributed by atoms with Crippen molar-refractivity contribution < 1.29 is 27.5 Å². The van der Waals surface area contributed by atoms with Gasteiger partial charge in [-0.1, -0.05) is 12.1 Å². The van der Waals surface area contributed by atoms with E-state index in [1.165, 1.54) is 5.38 Å². The predicted molar refractivity (Wildman–Crippen MR) is 86.8 cm³/mol. The molecule has 0 saturated heterocycles. The summed E-state index contributed by atoms with van der Waals surface area (Å²) >= 11 is 0.748. The third kappa shape index (κ3) is 2.72. The molecule has 0 fully saturated rings. The molecule has 0 saturated carbocycles. The molecule has 0 unspecified atom stereocenters. The number of aromatic carboxylic acids is 1. The van der Waals surface area contributed by atoms with Crippen LogP contribution in [0.4, 0.5) is 5.69 Å². The van der Waals surface area contributed by atoms with Gasteiger partial charge in [-0.15, -0.1) is 11.3 Å². The summed E-state index contributed by atoms with van der Waals surface area (Å²) in [6.07, 6.45) is 0. The van der Waals surface area contributed by atoms with E-state index >= 15 is 0 Å². The number of anilines is 1. The van der Waals surface area contributed by atoms with Crippen LogP contribution in [0.3, 0.4) is 0 Å². The fourth-order valence-corrected chi connectivity index (χ4v) is 4.31. The molecule has 0 bridgehead atoms. The number of para-hydroxylation sites is 1. The predicted octanol–water partition coefficient (Wildman–Crippen LogP) is 2.09. The minimum atomic E-state index is -4.11. The summed E-state index contributed by atoms with van der Waals surface area (Å²) in [4.78, 5) is 22.4. The fourth-order valence-electron chi connectivity index (χ4n) is 2.07. The van der Waals surface area contributed by atoms with Crippen LogP contribution in [0.15, 0.2) is 44.3 Å². The van der Waals surface area contributed by atoms with Gasteiger partial charge in [0, 0.05) is 10.8 Å². The van der Waals surface area contributed by atoms with E-state index in [2.05, 4.69) is 4.72 Å². The highest BCUT2D eigenvalue weighted by molar-refractivity contribution is 7.94. The van der Waals surface area contributed by atoms with E-state index in [1.807, 2.05) is 0 Å². The third-order valence-corrected chi connectivity index (χ3v) is 5.93. The second-order valence-electron chi connectivity index (χ2n) is 4.73. The molecule has 3 aromatic rings.